The summed E-state index contributed by atoms with van der Waals surface area (Å²) in [6.45, 7) is 8.10. The van der Waals surface area contributed by atoms with E-state index in [-0.39, 0.29) is 29.5 Å². The second-order valence-electron chi connectivity index (χ2n) is 5.31. The highest BCUT2D eigenvalue weighted by atomic mass is 19.4. The van der Waals surface area contributed by atoms with Crippen LogP contribution in [-0.4, -0.2) is 4.98 Å². The minimum Gasteiger partial charge on any atom is -0.238 e. The first-order valence-corrected chi connectivity index (χ1v) is 7.29. The van der Waals surface area contributed by atoms with E-state index in [0.29, 0.717) is 6.42 Å². The van der Waals surface area contributed by atoms with Crippen molar-refractivity contribution in [1.29, 1.82) is 0 Å². The van der Waals surface area contributed by atoms with Gasteiger partial charge in [-0.3, -0.25) is 0 Å². The Morgan fingerprint density at radius 3 is 1.61 bits per heavy atom. The topological polar surface area (TPSA) is 12.9 Å². The Morgan fingerprint density at radius 1 is 0.957 bits per heavy atom. The lowest BCUT2D eigenvalue weighted by Crippen LogP contribution is -2.23. The van der Waals surface area contributed by atoms with Crippen molar-refractivity contribution in [2.24, 2.45) is 0 Å². The zero-order chi connectivity index (χ0) is 18.0. The van der Waals surface area contributed by atoms with Crippen molar-refractivity contribution in [3.63, 3.8) is 0 Å². The highest BCUT2D eigenvalue weighted by Crippen LogP contribution is 2.42. The van der Waals surface area contributed by atoms with Crippen LogP contribution in [0.15, 0.2) is 12.7 Å². The average molecular weight is 339 g/mol. The molecule has 1 unspecified atom stereocenters. The lowest BCUT2D eigenvalue weighted by molar-refractivity contribution is -0.151. The van der Waals surface area contributed by atoms with Crippen LogP contribution in [0.25, 0.3) is 0 Å². The van der Waals surface area contributed by atoms with Crippen molar-refractivity contribution in [2.75, 3.05) is 0 Å². The molecule has 0 aromatic carbocycles. The molecule has 0 radical (unpaired) electrons. The molecule has 1 nitrogen and oxygen atoms in total. The molecule has 0 aliphatic heterocycles. The number of rotatable bonds is 5. The van der Waals surface area contributed by atoms with E-state index in [1.165, 1.54) is 19.9 Å². The van der Waals surface area contributed by atoms with E-state index in [4.69, 9.17) is 0 Å². The molecule has 0 N–H and O–H groups in total. The predicted octanol–water partition coefficient (Wildman–Crippen LogP) is 5.92. The molecule has 130 valence electrons. The summed E-state index contributed by atoms with van der Waals surface area (Å²) in [6.07, 6.45) is -8.16. The predicted molar refractivity (Wildman–Crippen MR) is 76.2 cm³/mol. The van der Waals surface area contributed by atoms with Gasteiger partial charge >= 0.3 is 12.4 Å². The van der Waals surface area contributed by atoms with Gasteiger partial charge in [0.25, 0.3) is 0 Å². The number of hydrogen-bond acceptors (Lipinski definition) is 1. The molecule has 23 heavy (non-hydrogen) atoms. The van der Waals surface area contributed by atoms with Crippen LogP contribution in [0, 0.1) is 0 Å². The van der Waals surface area contributed by atoms with Gasteiger partial charge in [0, 0.05) is 0 Å². The molecule has 1 aromatic rings. The SMILES string of the molecule is C=CCC(C)c1c(CC)c(C(F)(F)F)nc(C(F)(F)F)c1CC. The van der Waals surface area contributed by atoms with Crippen LogP contribution in [0.3, 0.4) is 0 Å². The number of pyridine rings is 1. The van der Waals surface area contributed by atoms with Crippen LogP contribution < -0.4 is 0 Å². The highest BCUT2D eigenvalue weighted by molar-refractivity contribution is 5.45. The number of allylic oxidation sites excluding steroid dienone is 1. The fourth-order valence-corrected chi connectivity index (χ4v) is 2.83. The third kappa shape index (κ3) is 4.06. The van der Waals surface area contributed by atoms with Crippen LogP contribution in [0.2, 0.25) is 0 Å². The van der Waals surface area contributed by atoms with Gasteiger partial charge in [-0.05, 0) is 41.9 Å². The van der Waals surface area contributed by atoms with Crippen molar-refractivity contribution in [3.8, 4) is 0 Å². The van der Waals surface area contributed by atoms with Crippen LogP contribution in [0.1, 0.15) is 61.2 Å². The summed E-state index contributed by atoms with van der Waals surface area (Å²) in [5, 5.41) is 0. The molecule has 7 heteroatoms. The lowest BCUT2D eigenvalue weighted by atomic mass is 9.85. The summed E-state index contributed by atoms with van der Waals surface area (Å²) in [7, 11) is 0. The minimum atomic E-state index is -4.93. The molecule has 1 rings (SSSR count). The van der Waals surface area contributed by atoms with Crippen LogP contribution in [0.5, 0.6) is 0 Å². The van der Waals surface area contributed by atoms with Gasteiger partial charge in [-0.25, -0.2) is 4.98 Å². The summed E-state index contributed by atoms with van der Waals surface area (Å²) in [6, 6.07) is 0. The standard InChI is InChI=1S/C16H19F6N/c1-5-8-9(4)12-10(6-2)13(15(17,18)19)23-14(11(12)7-3)16(20,21)22/h5,9H,1,6-8H2,2-4H3. The minimum absolute atomic E-state index is 0.0379. The molecule has 0 aliphatic rings. The van der Waals surface area contributed by atoms with Gasteiger partial charge in [-0.15, -0.1) is 6.58 Å². The Balaban J connectivity index is 3.90. The van der Waals surface area contributed by atoms with Gasteiger partial charge in [0.1, 0.15) is 11.4 Å². The molecule has 1 heterocycles. The average Bonchev–Trinajstić information content (AvgIpc) is 2.42. The Morgan fingerprint density at radius 2 is 1.35 bits per heavy atom. The van der Waals surface area contributed by atoms with E-state index in [1.807, 2.05) is 0 Å². The zero-order valence-corrected chi connectivity index (χ0v) is 13.2. The molecule has 0 saturated carbocycles. The van der Waals surface area contributed by atoms with Crippen molar-refractivity contribution in [2.45, 2.75) is 58.3 Å². The summed E-state index contributed by atoms with van der Waals surface area (Å²) in [4.78, 5) is 2.98. The number of alkyl halides is 6. The summed E-state index contributed by atoms with van der Waals surface area (Å²) in [5.41, 5.74) is -3.08. The highest BCUT2D eigenvalue weighted by Gasteiger charge is 2.43. The molecular weight excluding hydrogens is 320 g/mol. The molecule has 1 atom stereocenters. The van der Waals surface area contributed by atoms with Gasteiger partial charge < -0.3 is 0 Å². The Kier molecular flexibility index (Phi) is 5.88. The molecule has 0 bridgehead atoms. The Bertz CT molecular complexity index is 531. The summed E-state index contributed by atoms with van der Waals surface area (Å²) < 4.78 is 79.3. The summed E-state index contributed by atoms with van der Waals surface area (Å²) >= 11 is 0. The zero-order valence-electron chi connectivity index (χ0n) is 13.2. The largest absolute Gasteiger partial charge is 0.433 e. The molecular formula is C16H19F6N. The first-order chi connectivity index (χ1) is 10.5. The van der Waals surface area contributed by atoms with E-state index in [1.54, 1.807) is 6.92 Å². The molecule has 0 fully saturated rings. The molecule has 0 spiro atoms. The maximum atomic E-state index is 13.2. The molecule has 0 saturated heterocycles. The van der Waals surface area contributed by atoms with Gasteiger partial charge in [0.2, 0.25) is 0 Å². The lowest BCUT2D eigenvalue weighted by Gasteiger charge is -2.25. The van der Waals surface area contributed by atoms with E-state index in [9.17, 15) is 26.3 Å². The van der Waals surface area contributed by atoms with Crippen LogP contribution in [0.4, 0.5) is 26.3 Å². The van der Waals surface area contributed by atoms with Crippen molar-refractivity contribution >= 4 is 0 Å². The first-order valence-electron chi connectivity index (χ1n) is 7.29. The maximum Gasteiger partial charge on any atom is 0.433 e. The third-order valence-electron chi connectivity index (χ3n) is 3.70. The quantitative estimate of drug-likeness (QED) is 0.479. The smallest absolute Gasteiger partial charge is 0.238 e. The van der Waals surface area contributed by atoms with E-state index < -0.39 is 29.7 Å². The van der Waals surface area contributed by atoms with Crippen molar-refractivity contribution in [3.05, 3.63) is 40.7 Å². The van der Waals surface area contributed by atoms with E-state index >= 15 is 0 Å². The fourth-order valence-electron chi connectivity index (χ4n) is 2.83. The van der Waals surface area contributed by atoms with E-state index in [2.05, 4.69) is 11.6 Å². The number of nitrogens with zero attached hydrogens (tertiary/aromatic N) is 1. The molecule has 1 aromatic heterocycles. The Labute approximate surface area is 131 Å². The van der Waals surface area contributed by atoms with Gasteiger partial charge in [0.05, 0.1) is 0 Å². The number of hydrogen-bond donors (Lipinski definition) is 0. The van der Waals surface area contributed by atoms with Crippen LogP contribution >= 0.6 is 0 Å². The van der Waals surface area contributed by atoms with Gasteiger partial charge in [0.15, 0.2) is 0 Å². The van der Waals surface area contributed by atoms with Crippen molar-refractivity contribution < 1.29 is 26.3 Å². The number of aromatic nitrogens is 1. The number of halogens is 6. The van der Waals surface area contributed by atoms with Gasteiger partial charge in [-0.2, -0.15) is 26.3 Å². The van der Waals surface area contributed by atoms with Crippen molar-refractivity contribution in [1.82, 2.24) is 4.98 Å². The van der Waals surface area contributed by atoms with E-state index in [0.717, 1.165) is 0 Å². The maximum absolute atomic E-state index is 13.2. The molecule has 0 aliphatic carbocycles. The molecule has 0 amide bonds. The normalized spacial score (nSPS) is 14.0. The van der Waals surface area contributed by atoms with Crippen LogP contribution in [-0.2, 0) is 25.2 Å². The van der Waals surface area contributed by atoms with Gasteiger partial charge in [-0.1, -0.05) is 26.8 Å². The third-order valence-corrected chi connectivity index (χ3v) is 3.70. The fraction of sp³-hybridized carbons (Fsp3) is 0.562. The summed E-state index contributed by atoms with van der Waals surface area (Å²) in [5.74, 6) is -0.498. The first kappa shape index (κ1) is 19.5. The second-order valence-corrected chi connectivity index (χ2v) is 5.31. The monoisotopic (exact) mass is 339 g/mol. The Hall–Kier alpha value is -1.53. The second kappa shape index (κ2) is 6.93.